The number of fused-ring (bicyclic) bond motifs is 2. The van der Waals surface area contributed by atoms with Gasteiger partial charge in [0, 0.05) is 0 Å². The van der Waals surface area contributed by atoms with Crippen LogP contribution in [0.25, 0.3) is 0 Å². The maximum absolute atomic E-state index is 12.7. The predicted octanol–water partition coefficient (Wildman–Crippen LogP) is 1.95. The standard InChI is InChI=1S/C22H23N3O5/c1-29-18-9-12-7-8-16(14(12)10-19(18)30-2)23-20(26)11-17-22(28)24-15-6-4-3-5-13(15)21(27)25-17/h3-6,9-10,16-17H,7-8,11H2,1-2H3,(H,23,26)(H,24,28)(H,25,27). The summed E-state index contributed by atoms with van der Waals surface area (Å²) in [5.41, 5.74) is 2.88. The second-order valence-corrected chi connectivity index (χ2v) is 7.33. The van der Waals surface area contributed by atoms with Gasteiger partial charge in [-0.25, -0.2) is 0 Å². The van der Waals surface area contributed by atoms with E-state index in [9.17, 15) is 14.4 Å². The molecule has 2 unspecified atom stereocenters. The number of hydrogen-bond acceptors (Lipinski definition) is 5. The largest absolute Gasteiger partial charge is 0.493 e. The van der Waals surface area contributed by atoms with Crippen molar-refractivity contribution in [1.82, 2.24) is 10.6 Å². The van der Waals surface area contributed by atoms with E-state index in [4.69, 9.17) is 9.47 Å². The first-order chi connectivity index (χ1) is 14.5. The highest BCUT2D eigenvalue weighted by molar-refractivity contribution is 6.10. The molecule has 0 saturated heterocycles. The smallest absolute Gasteiger partial charge is 0.254 e. The number of carbonyl (C=O) groups excluding carboxylic acids is 3. The summed E-state index contributed by atoms with van der Waals surface area (Å²) in [6.07, 6.45) is 1.40. The van der Waals surface area contributed by atoms with Crippen LogP contribution in [0.5, 0.6) is 11.5 Å². The van der Waals surface area contributed by atoms with E-state index in [1.165, 1.54) is 0 Å². The van der Waals surface area contributed by atoms with E-state index in [0.717, 1.165) is 24.0 Å². The first-order valence-electron chi connectivity index (χ1n) is 9.75. The van der Waals surface area contributed by atoms with Gasteiger partial charge in [-0.3, -0.25) is 14.4 Å². The molecule has 0 saturated carbocycles. The molecule has 0 bridgehead atoms. The van der Waals surface area contributed by atoms with Gasteiger partial charge in [0.05, 0.1) is 37.9 Å². The Hall–Kier alpha value is -3.55. The number of nitrogens with one attached hydrogen (secondary N) is 3. The molecule has 2 aromatic rings. The molecule has 3 N–H and O–H groups in total. The Morgan fingerprint density at radius 1 is 1.13 bits per heavy atom. The number of benzene rings is 2. The maximum Gasteiger partial charge on any atom is 0.254 e. The van der Waals surface area contributed by atoms with Crippen molar-refractivity contribution in [3.05, 3.63) is 53.1 Å². The molecule has 4 rings (SSSR count). The average molecular weight is 409 g/mol. The zero-order valence-electron chi connectivity index (χ0n) is 16.8. The van der Waals surface area contributed by atoms with Gasteiger partial charge < -0.3 is 25.4 Å². The topological polar surface area (TPSA) is 106 Å². The molecule has 0 spiro atoms. The molecule has 8 nitrogen and oxygen atoms in total. The quantitative estimate of drug-likeness (QED) is 0.700. The Bertz CT molecular complexity index is 1020. The summed E-state index contributed by atoms with van der Waals surface area (Å²) in [5.74, 6) is 0.145. The van der Waals surface area contributed by atoms with Crippen molar-refractivity contribution in [3.63, 3.8) is 0 Å². The lowest BCUT2D eigenvalue weighted by atomic mass is 10.1. The lowest BCUT2D eigenvalue weighted by molar-refractivity contribution is -0.126. The first kappa shape index (κ1) is 19.8. The van der Waals surface area contributed by atoms with Crippen LogP contribution in [0.15, 0.2) is 36.4 Å². The third kappa shape index (κ3) is 3.68. The molecule has 1 heterocycles. The van der Waals surface area contributed by atoms with E-state index in [2.05, 4.69) is 16.0 Å². The molecule has 2 atom stereocenters. The summed E-state index contributed by atoms with van der Waals surface area (Å²) in [7, 11) is 3.15. The van der Waals surface area contributed by atoms with E-state index in [-0.39, 0.29) is 24.3 Å². The molecule has 30 heavy (non-hydrogen) atoms. The summed E-state index contributed by atoms with van der Waals surface area (Å²) in [4.78, 5) is 37.6. The molecule has 0 fully saturated rings. The third-order valence-electron chi connectivity index (χ3n) is 5.50. The Balaban J connectivity index is 1.45. The maximum atomic E-state index is 12.7. The molecule has 1 aliphatic heterocycles. The predicted molar refractivity (Wildman–Crippen MR) is 110 cm³/mol. The van der Waals surface area contributed by atoms with Crippen molar-refractivity contribution in [3.8, 4) is 11.5 Å². The molecular weight excluding hydrogens is 386 g/mol. The molecule has 1 aliphatic carbocycles. The van der Waals surface area contributed by atoms with Gasteiger partial charge in [-0.1, -0.05) is 12.1 Å². The highest BCUT2D eigenvalue weighted by Gasteiger charge is 2.31. The highest BCUT2D eigenvalue weighted by atomic mass is 16.5. The Morgan fingerprint density at radius 3 is 2.63 bits per heavy atom. The van der Waals surface area contributed by atoms with Crippen LogP contribution in [0, 0.1) is 0 Å². The van der Waals surface area contributed by atoms with Crippen molar-refractivity contribution in [2.75, 3.05) is 19.5 Å². The number of anilines is 1. The summed E-state index contributed by atoms with van der Waals surface area (Å²) in [6.45, 7) is 0. The molecule has 3 amide bonds. The van der Waals surface area contributed by atoms with Gasteiger partial charge >= 0.3 is 0 Å². The van der Waals surface area contributed by atoms with Crippen molar-refractivity contribution in [2.24, 2.45) is 0 Å². The number of amides is 3. The van der Waals surface area contributed by atoms with Crippen LogP contribution < -0.4 is 25.4 Å². The Morgan fingerprint density at radius 2 is 1.87 bits per heavy atom. The zero-order valence-corrected chi connectivity index (χ0v) is 16.8. The molecule has 2 aliphatic rings. The minimum Gasteiger partial charge on any atom is -0.493 e. The summed E-state index contributed by atoms with van der Waals surface area (Å²) < 4.78 is 10.7. The normalized spacial score (nSPS) is 19.7. The van der Waals surface area contributed by atoms with Crippen LogP contribution in [-0.4, -0.2) is 38.0 Å². The first-order valence-corrected chi connectivity index (χ1v) is 9.75. The van der Waals surface area contributed by atoms with Crippen LogP contribution in [-0.2, 0) is 16.0 Å². The fourth-order valence-electron chi connectivity index (χ4n) is 3.98. The highest BCUT2D eigenvalue weighted by Crippen LogP contribution is 2.39. The second kappa shape index (κ2) is 8.06. The van der Waals surface area contributed by atoms with Crippen LogP contribution in [0.4, 0.5) is 5.69 Å². The van der Waals surface area contributed by atoms with Crippen molar-refractivity contribution in [1.29, 1.82) is 0 Å². The SMILES string of the molecule is COc1cc2c(cc1OC)C(NC(=O)CC1NC(=O)c3ccccc3NC1=O)CC2. The molecule has 156 valence electrons. The number of rotatable bonds is 5. The van der Waals surface area contributed by atoms with E-state index in [0.29, 0.717) is 22.7 Å². The van der Waals surface area contributed by atoms with Crippen LogP contribution in [0.1, 0.15) is 40.4 Å². The summed E-state index contributed by atoms with van der Waals surface area (Å²) in [5, 5.41) is 8.34. The van der Waals surface area contributed by atoms with Crippen LogP contribution in [0.2, 0.25) is 0 Å². The van der Waals surface area contributed by atoms with Gasteiger partial charge in [-0.05, 0) is 48.2 Å². The number of methoxy groups -OCH3 is 2. The molecule has 8 heteroatoms. The van der Waals surface area contributed by atoms with Gasteiger partial charge in [0.1, 0.15) is 6.04 Å². The lowest BCUT2D eigenvalue weighted by Crippen LogP contribution is -2.44. The minimum atomic E-state index is -0.948. The monoisotopic (exact) mass is 409 g/mol. The second-order valence-electron chi connectivity index (χ2n) is 7.33. The number of ether oxygens (including phenoxy) is 2. The van der Waals surface area contributed by atoms with Crippen molar-refractivity contribution < 1.29 is 23.9 Å². The third-order valence-corrected chi connectivity index (χ3v) is 5.50. The number of carbonyl (C=O) groups is 3. The van der Waals surface area contributed by atoms with Crippen LogP contribution in [0.3, 0.4) is 0 Å². The zero-order chi connectivity index (χ0) is 21.3. The summed E-state index contributed by atoms with van der Waals surface area (Å²) in [6, 6.07) is 9.42. The summed E-state index contributed by atoms with van der Waals surface area (Å²) >= 11 is 0. The molecule has 0 radical (unpaired) electrons. The average Bonchev–Trinajstić information content (AvgIpc) is 3.08. The van der Waals surface area contributed by atoms with Gasteiger partial charge in [0.15, 0.2) is 11.5 Å². The number of para-hydroxylation sites is 1. The fraction of sp³-hybridized carbons (Fsp3) is 0.318. The minimum absolute atomic E-state index is 0.148. The van der Waals surface area contributed by atoms with E-state index in [1.807, 2.05) is 12.1 Å². The fourth-order valence-corrected chi connectivity index (χ4v) is 3.98. The Kier molecular flexibility index (Phi) is 5.31. The van der Waals surface area contributed by atoms with E-state index >= 15 is 0 Å². The van der Waals surface area contributed by atoms with Gasteiger partial charge in [-0.2, -0.15) is 0 Å². The van der Waals surface area contributed by atoms with E-state index in [1.54, 1.807) is 38.5 Å². The van der Waals surface area contributed by atoms with Gasteiger partial charge in [0.25, 0.3) is 5.91 Å². The van der Waals surface area contributed by atoms with Crippen molar-refractivity contribution >= 4 is 23.4 Å². The molecular formula is C22H23N3O5. The van der Waals surface area contributed by atoms with E-state index < -0.39 is 11.9 Å². The number of hydrogen-bond donors (Lipinski definition) is 3. The van der Waals surface area contributed by atoms with Crippen molar-refractivity contribution in [2.45, 2.75) is 31.3 Å². The van der Waals surface area contributed by atoms with Gasteiger partial charge in [0.2, 0.25) is 11.8 Å². The Labute approximate surface area is 173 Å². The molecule has 0 aromatic heterocycles. The number of aryl methyl sites for hydroxylation is 1. The van der Waals surface area contributed by atoms with Crippen LogP contribution >= 0.6 is 0 Å². The van der Waals surface area contributed by atoms with Gasteiger partial charge in [-0.15, -0.1) is 0 Å². The molecule has 2 aromatic carbocycles. The lowest BCUT2D eigenvalue weighted by Gasteiger charge is -2.19.